The topological polar surface area (TPSA) is 54.0 Å². The molecule has 0 saturated heterocycles. The number of carbonyl (C=O) groups is 1. The molecule has 7 heteroatoms. The molecule has 0 aliphatic carbocycles. The molecule has 0 N–H and O–H groups in total. The van der Waals surface area contributed by atoms with Crippen molar-refractivity contribution in [2.24, 2.45) is 0 Å². The third-order valence-corrected chi connectivity index (χ3v) is 10.3. The fourth-order valence-electron chi connectivity index (χ4n) is 2.89. The molecule has 0 aliphatic heterocycles. The molecule has 0 bridgehead atoms. The van der Waals surface area contributed by atoms with Crippen LogP contribution in [0.25, 0.3) is 0 Å². The van der Waals surface area contributed by atoms with Gasteiger partial charge in [0.25, 0.3) is 0 Å². The minimum atomic E-state index is -1.78. The van der Waals surface area contributed by atoms with Gasteiger partial charge < -0.3 is 17.7 Å². The zero-order chi connectivity index (χ0) is 20.2. The van der Waals surface area contributed by atoms with E-state index >= 15 is 0 Å². The minimum Gasteiger partial charge on any atom is -0.397 e. The fourth-order valence-corrected chi connectivity index (χ4v) is 6.86. The van der Waals surface area contributed by atoms with Crippen molar-refractivity contribution in [3.63, 3.8) is 0 Å². The van der Waals surface area contributed by atoms with E-state index in [1.807, 2.05) is 27.7 Å². The summed E-state index contributed by atoms with van der Waals surface area (Å²) in [5.41, 5.74) is 0. The molecule has 0 spiro atoms. The lowest BCUT2D eigenvalue weighted by Crippen LogP contribution is -2.36. The second kappa shape index (κ2) is 13.2. The summed E-state index contributed by atoms with van der Waals surface area (Å²) in [5, 5.41) is -0.101. The summed E-state index contributed by atoms with van der Waals surface area (Å²) in [6.45, 7) is 19.3. The largest absolute Gasteiger partial charge is 0.397 e. The highest BCUT2D eigenvalue weighted by Gasteiger charge is 2.36. The van der Waals surface area contributed by atoms with Crippen LogP contribution in [0.2, 0.25) is 10.1 Å². The molecule has 0 aromatic rings. The average molecular weight is 407 g/mol. The number of Topliss-reactive ketones (excluding diaryl/α,β-unsaturated/α-hetero) is 1. The van der Waals surface area contributed by atoms with E-state index in [1.165, 1.54) is 0 Å². The Morgan fingerprint density at radius 1 is 0.654 bits per heavy atom. The molecule has 0 atom stereocenters. The molecule has 0 rings (SSSR count). The fraction of sp³-hybridized carbons (Fsp3) is 0.947. The SMILES string of the molecule is CCO[SiH](OCC)C(C)(C)CCC(=O)CCC(C)(C)[SiH](OCC)OCC. The quantitative estimate of drug-likeness (QED) is 0.358. The Morgan fingerprint density at radius 3 is 1.15 bits per heavy atom. The summed E-state index contributed by atoms with van der Waals surface area (Å²) < 4.78 is 23.4. The van der Waals surface area contributed by atoms with E-state index in [-0.39, 0.29) is 10.1 Å². The Bertz CT molecular complexity index is 342. The van der Waals surface area contributed by atoms with Crippen LogP contribution in [0.4, 0.5) is 0 Å². The van der Waals surface area contributed by atoms with Gasteiger partial charge in [0.1, 0.15) is 5.78 Å². The maximum atomic E-state index is 12.5. The van der Waals surface area contributed by atoms with Crippen molar-refractivity contribution in [2.45, 2.75) is 91.1 Å². The molecule has 0 unspecified atom stereocenters. The maximum absolute atomic E-state index is 12.5. The minimum absolute atomic E-state index is 0.0505. The van der Waals surface area contributed by atoms with E-state index < -0.39 is 18.6 Å². The molecular formula is C19H42O5Si2. The molecule has 0 heterocycles. The molecule has 0 saturated carbocycles. The first-order chi connectivity index (χ1) is 12.1. The summed E-state index contributed by atoms with van der Waals surface area (Å²) >= 11 is 0. The van der Waals surface area contributed by atoms with Crippen molar-refractivity contribution in [1.82, 2.24) is 0 Å². The molecule has 0 aromatic carbocycles. The van der Waals surface area contributed by atoms with Gasteiger partial charge in [0.05, 0.1) is 0 Å². The Morgan fingerprint density at radius 2 is 0.923 bits per heavy atom. The highest BCUT2D eigenvalue weighted by atomic mass is 28.3. The van der Waals surface area contributed by atoms with Crippen molar-refractivity contribution in [2.75, 3.05) is 26.4 Å². The van der Waals surface area contributed by atoms with Gasteiger partial charge in [0.15, 0.2) is 0 Å². The maximum Gasteiger partial charge on any atom is 0.327 e. The zero-order valence-corrected chi connectivity index (χ0v) is 20.7. The molecule has 0 fully saturated rings. The predicted molar refractivity (Wildman–Crippen MR) is 112 cm³/mol. The molecule has 0 amide bonds. The van der Waals surface area contributed by atoms with E-state index in [4.69, 9.17) is 17.7 Å². The van der Waals surface area contributed by atoms with Crippen LogP contribution in [0.5, 0.6) is 0 Å². The van der Waals surface area contributed by atoms with E-state index in [0.717, 1.165) is 12.8 Å². The summed E-state index contributed by atoms with van der Waals surface area (Å²) in [6.07, 6.45) is 2.81. The second-order valence-corrected chi connectivity index (χ2v) is 13.8. The first-order valence-corrected chi connectivity index (χ1v) is 13.2. The third-order valence-electron chi connectivity index (χ3n) is 4.64. The number of hydrogen-bond donors (Lipinski definition) is 0. The van der Waals surface area contributed by atoms with Crippen LogP contribution in [0, 0.1) is 0 Å². The standard InChI is InChI=1S/C19H42O5Si2/c1-9-21-25(22-10-2)18(5,6)15-13-17(20)14-16-19(7,8)26(23-11-3)24-12-4/h25-26H,9-16H2,1-8H3. The Hall–Kier alpha value is -0.0562. The van der Waals surface area contributed by atoms with Crippen LogP contribution in [0.1, 0.15) is 81.1 Å². The molecule has 0 aliphatic rings. The predicted octanol–water partition coefficient (Wildman–Crippen LogP) is 4.26. The van der Waals surface area contributed by atoms with Crippen molar-refractivity contribution in [1.29, 1.82) is 0 Å². The Balaban J connectivity index is 4.55. The van der Waals surface area contributed by atoms with Crippen molar-refractivity contribution in [3.8, 4) is 0 Å². The van der Waals surface area contributed by atoms with Gasteiger partial charge in [0, 0.05) is 49.3 Å². The lowest BCUT2D eigenvalue weighted by molar-refractivity contribution is -0.119. The summed E-state index contributed by atoms with van der Waals surface area (Å²) in [7, 11) is -3.55. The van der Waals surface area contributed by atoms with Crippen LogP contribution in [-0.4, -0.2) is 50.8 Å². The van der Waals surface area contributed by atoms with Gasteiger partial charge in [-0.3, -0.25) is 4.79 Å². The van der Waals surface area contributed by atoms with Gasteiger partial charge in [-0.25, -0.2) is 0 Å². The number of hydrogen-bond acceptors (Lipinski definition) is 5. The first-order valence-electron chi connectivity index (χ1n) is 10.1. The molecule has 156 valence electrons. The van der Waals surface area contributed by atoms with E-state index in [0.29, 0.717) is 45.1 Å². The van der Waals surface area contributed by atoms with Crippen molar-refractivity contribution >= 4 is 24.4 Å². The number of rotatable bonds is 16. The van der Waals surface area contributed by atoms with Gasteiger partial charge in [-0.1, -0.05) is 27.7 Å². The van der Waals surface area contributed by atoms with Gasteiger partial charge in [-0.2, -0.15) is 0 Å². The van der Waals surface area contributed by atoms with Gasteiger partial charge in [-0.05, 0) is 40.5 Å². The summed E-state index contributed by atoms with van der Waals surface area (Å²) in [6, 6.07) is 0. The van der Waals surface area contributed by atoms with Crippen LogP contribution in [-0.2, 0) is 22.5 Å². The van der Waals surface area contributed by atoms with Crippen LogP contribution < -0.4 is 0 Å². The van der Waals surface area contributed by atoms with Crippen LogP contribution in [0.15, 0.2) is 0 Å². The van der Waals surface area contributed by atoms with Crippen LogP contribution in [0.3, 0.4) is 0 Å². The molecule has 5 nitrogen and oxygen atoms in total. The van der Waals surface area contributed by atoms with E-state index in [9.17, 15) is 4.79 Å². The molecule has 0 radical (unpaired) electrons. The lowest BCUT2D eigenvalue weighted by Gasteiger charge is -2.32. The van der Waals surface area contributed by atoms with Crippen molar-refractivity contribution < 1.29 is 22.5 Å². The second-order valence-electron chi connectivity index (χ2n) is 8.00. The molecule has 0 aromatic heterocycles. The summed E-state index contributed by atoms with van der Waals surface area (Å²) in [4.78, 5) is 12.5. The van der Waals surface area contributed by atoms with Gasteiger partial charge in [-0.15, -0.1) is 0 Å². The number of carbonyl (C=O) groups excluding carboxylic acids is 1. The van der Waals surface area contributed by atoms with E-state index in [2.05, 4.69) is 27.7 Å². The highest BCUT2D eigenvalue weighted by Crippen LogP contribution is 2.38. The Labute approximate surface area is 164 Å². The average Bonchev–Trinajstić information content (AvgIpc) is 2.58. The first kappa shape index (κ1) is 25.9. The monoisotopic (exact) mass is 406 g/mol. The zero-order valence-electron chi connectivity index (χ0n) is 18.4. The van der Waals surface area contributed by atoms with Gasteiger partial charge in [0.2, 0.25) is 0 Å². The smallest absolute Gasteiger partial charge is 0.327 e. The van der Waals surface area contributed by atoms with Crippen molar-refractivity contribution in [3.05, 3.63) is 0 Å². The summed E-state index contributed by atoms with van der Waals surface area (Å²) in [5.74, 6) is 0.313. The highest BCUT2D eigenvalue weighted by molar-refractivity contribution is 6.48. The molecule has 26 heavy (non-hydrogen) atoms. The van der Waals surface area contributed by atoms with Gasteiger partial charge >= 0.3 is 18.6 Å². The Kier molecular flexibility index (Phi) is 13.1. The van der Waals surface area contributed by atoms with E-state index in [1.54, 1.807) is 0 Å². The third kappa shape index (κ3) is 9.76. The van der Waals surface area contributed by atoms with Crippen LogP contribution >= 0.6 is 0 Å². The number of ketones is 1. The lowest BCUT2D eigenvalue weighted by atomic mass is 9.99. The normalized spacial score (nSPS) is 13.0. The molecular weight excluding hydrogens is 364 g/mol.